The van der Waals surface area contributed by atoms with Crippen LogP contribution in [-0.2, 0) is 11.3 Å². The molecule has 2 aromatic carbocycles. The van der Waals surface area contributed by atoms with Crippen LogP contribution in [0.1, 0.15) is 25.3 Å². The van der Waals surface area contributed by atoms with Crippen LogP contribution in [0.2, 0.25) is 5.02 Å². The van der Waals surface area contributed by atoms with Crippen LogP contribution in [0.3, 0.4) is 0 Å². The smallest absolute Gasteiger partial charge is 0.264 e. The third kappa shape index (κ3) is 5.04. The average Bonchev–Trinajstić information content (AvgIpc) is 3.39. The molecule has 0 radical (unpaired) electrons. The summed E-state index contributed by atoms with van der Waals surface area (Å²) in [5.74, 6) is 1.09. The van der Waals surface area contributed by atoms with Crippen LogP contribution in [0, 0.1) is 0 Å². The first-order valence-electron chi connectivity index (χ1n) is 10.3. The van der Waals surface area contributed by atoms with Crippen molar-refractivity contribution in [3.05, 3.63) is 59.1 Å². The second kappa shape index (κ2) is 9.68. The van der Waals surface area contributed by atoms with E-state index in [1.807, 2.05) is 30.5 Å². The second-order valence-corrected chi connectivity index (χ2v) is 8.91. The van der Waals surface area contributed by atoms with Gasteiger partial charge in [-0.25, -0.2) is 4.68 Å². The topological polar surface area (TPSA) is 112 Å². The Balaban J connectivity index is 1.54. The number of hydrogen-bond donors (Lipinski definition) is 2. The molecule has 0 atom stereocenters. The molecule has 0 saturated heterocycles. The zero-order valence-corrected chi connectivity index (χ0v) is 19.9. The molecule has 1 amide bonds. The van der Waals surface area contributed by atoms with E-state index in [2.05, 4.69) is 34.4 Å². The number of nitrogens with one attached hydrogen (secondary N) is 1. The molecular formula is C23H23ClN6O2S. The van der Waals surface area contributed by atoms with Gasteiger partial charge in [0.05, 0.1) is 0 Å². The number of benzene rings is 2. The number of amides is 1. The first-order valence-corrected chi connectivity index (χ1v) is 11.9. The lowest BCUT2D eigenvalue weighted by atomic mass is 10.0. The highest BCUT2D eigenvalue weighted by Gasteiger charge is 2.23. The van der Waals surface area contributed by atoms with Crippen molar-refractivity contribution in [1.29, 1.82) is 0 Å². The van der Waals surface area contributed by atoms with Gasteiger partial charge in [-0.2, -0.15) is 10.1 Å². The number of thioether (sulfide) groups is 1. The first-order chi connectivity index (χ1) is 15.9. The third-order valence-electron chi connectivity index (χ3n) is 5.05. The normalized spacial score (nSPS) is 11.2. The highest BCUT2D eigenvalue weighted by Crippen LogP contribution is 2.35. The molecule has 33 heavy (non-hydrogen) atoms. The van der Waals surface area contributed by atoms with Crippen LogP contribution in [0.4, 0.5) is 11.5 Å². The van der Waals surface area contributed by atoms with Gasteiger partial charge in [0.25, 0.3) is 5.89 Å². The number of carbonyl (C=O) groups is 1. The fourth-order valence-electron chi connectivity index (χ4n) is 3.25. The zero-order chi connectivity index (χ0) is 23.5. The predicted octanol–water partition coefficient (Wildman–Crippen LogP) is 5.32. The zero-order valence-electron chi connectivity index (χ0n) is 18.4. The summed E-state index contributed by atoms with van der Waals surface area (Å²) in [6, 6.07) is 14.9. The molecule has 4 rings (SSSR count). The molecule has 0 bridgehead atoms. The van der Waals surface area contributed by atoms with Crippen molar-refractivity contribution in [3.8, 4) is 22.8 Å². The summed E-state index contributed by atoms with van der Waals surface area (Å²) in [7, 11) is 0. The Hall–Kier alpha value is -3.30. The summed E-state index contributed by atoms with van der Waals surface area (Å²) >= 11 is 7.33. The number of anilines is 2. The number of nitrogen functional groups attached to an aromatic ring is 1. The van der Waals surface area contributed by atoms with Gasteiger partial charge in [-0.3, -0.25) is 4.79 Å². The van der Waals surface area contributed by atoms with Gasteiger partial charge in [-0.05, 0) is 54.1 Å². The Bertz CT molecular complexity index is 1270. The Kier molecular flexibility index (Phi) is 6.71. The van der Waals surface area contributed by atoms with Gasteiger partial charge in [0.2, 0.25) is 11.7 Å². The standard InChI is InChI=1S/C23H23ClN6O2S/c1-13(2)14-6-10-17(11-7-14)26-18(31)12-30-20(25)19(23(28-30)33-3)22-27-21(29-32-22)15-4-8-16(24)9-5-15/h4-11,13H,12,25H2,1-3H3,(H,26,31). The van der Waals surface area contributed by atoms with Gasteiger partial charge in [-0.15, -0.1) is 11.8 Å². The third-order valence-corrected chi connectivity index (χ3v) is 5.97. The summed E-state index contributed by atoms with van der Waals surface area (Å²) in [4.78, 5) is 17.1. The predicted molar refractivity (Wildman–Crippen MR) is 131 cm³/mol. The molecule has 4 aromatic rings. The molecule has 0 aliphatic rings. The maximum absolute atomic E-state index is 12.6. The maximum atomic E-state index is 12.6. The molecule has 2 heterocycles. The summed E-state index contributed by atoms with van der Waals surface area (Å²) in [5.41, 5.74) is 9.52. The molecule has 170 valence electrons. The monoisotopic (exact) mass is 482 g/mol. The highest BCUT2D eigenvalue weighted by molar-refractivity contribution is 7.98. The van der Waals surface area contributed by atoms with Crippen molar-refractivity contribution in [2.45, 2.75) is 31.3 Å². The second-order valence-electron chi connectivity index (χ2n) is 7.68. The van der Waals surface area contributed by atoms with E-state index in [0.717, 1.165) is 5.56 Å². The quantitative estimate of drug-likeness (QED) is 0.343. The average molecular weight is 483 g/mol. The fraction of sp³-hybridized carbons (Fsp3) is 0.217. The molecule has 0 aliphatic carbocycles. The van der Waals surface area contributed by atoms with E-state index < -0.39 is 0 Å². The SMILES string of the molecule is CSc1nn(CC(=O)Nc2ccc(C(C)C)cc2)c(N)c1-c1nc(-c2ccc(Cl)cc2)no1. The number of nitrogens with two attached hydrogens (primary N) is 1. The molecule has 3 N–H and O–H groups in total. The molecule has 0 aliphatic heterocycles. The Labute approximate surface area is 200 Å². The first kappa shape index (κ1) is 22.9. The van der Waals surface area contributed by atoms with Crippen LogP contribution in [0.25, 0.3) is 22.8 Å². The van der Waals surface area contributed by atoms with Crippen LogP contribution in [0.5, 0.6) is 0 Å². The summed E-state index contributed by atoms with van der Waals surface area (Å²) < 4.78 is 6.90. The van der Waals surface area contributed by atoms with Gasteiger partial charge in [0, 0.05) is 16.3 Å². The minimum absolute atomic E-state index is 0.0521. The molecular weight excluding hydrogens is 460 g/mol. The number of nitrogens with zero attached hydrogens (tertiary/aromatic N) is 4. The van der Waals surface area contributed by atoms with E-state index in [4.69, 9.17) is 21.9 Å². The largest absolute Gasteiger partial charge is 0.383 e. The van der Waals surface area contributed by atoms with Crippen molar-refractivity contribution >= 4 is 40.8 Å². The number of rotatable bonds is 7. The Morgan fingerprint density at radius 2 is 1.88 bits per heavy atom. The van der Waals surface area contributed by atoms with Crippen LogP contribution in [-0.4, -0.2) is 32.1 Å². The van der Waals surface area contributed by atoms with Crippen molar-refractivity contribution in [2.75, 3.05) is 17.3 Å². The van der Waals surface area contributed by atoms with Crippen LogP contribution >= 0.6 is 23.4 Å². The van der Waals surface area contributed by atoms with Crippen molar-refractivity contribution in [3.63, 3.8) is 0 Å². The molecule has 0 spiro atoms. The molecule has 10 heteroatoms. The summed E-state index contributed by atoms with van der Waals surface area (Å²) in [6.45, 7) is 4.19. The molecule has 0 unspecified atom stereocenters. The van der Waals surface area contributed by atoms with E-state index in [1.165, 1.54) is 22.0 Å². The summed E-state index contributed by atoms with van der Waals surface area (Å²) in [5, 5.41) is 12.6. The van der Waals surface area contributed by atoms with E-state index >= 15 is 0 Å². The van der Waals surface area contributed by atoms with Gasteiger partial charge in [0.1, 0.15) is 23.0 Å². The Morgan fingerprint density at radius 3 is 2.52 bits per heavy atom. The lowest BCUT2D eigenvalue weighted by molar-refractivity contribution is -0.116. The Morgan fingerprint density at radius 1 is 1.18 bits per heavy atom. The minimum Gasteiger partial charge on any atom is -0.383 e. The van der Waals surface area contributed by atoms with Crippen LogP contribution in [0.15, 0.2) is 58.1 Å². The number of hydrogen-bond acceptors (Lipinski definition) is 7. The molecule has 0 saturated carbocycles. The minimum atomic E-state index is -0.243. The molecule has 8 nitrogen and oxygen atoms in total. The lowest BCUT2D eigenvalue weighted by Gasteiger charge is -2.09. The van der Waals surface area contributed by atoms with Gasteiger partial charge in [0.15, 0.2) is 0 Å². The van der Waals surface area contributed by atoms with Crippen molar-refractivity contribution in [1.82, 2.24) is 19.9 Å². The van der Waals surface area contributed by atoms with Crippen LogP contribution < -0.4 is 11.1 Å². The van der Waals surface area contributed by atoms with E-state index in [-0.39, 0.29) is 24.2 Å². The number of carbonyl (C=O) groups excluding carboxylic acids is 1. The summed E-state index contributed by atoms with van der Waals surface area (Å²) in [6.07, 6.45) is 1.86. The van der Waals surface area contributed by atoms with Crippen molar-refractivity contribution in [2.24, 2.45) is 0 Å². The maximum Gasteiger partial charge on any atom is 0.264 e. The highest BCUT2D eigenvalue weighted by atomic mass is 35.5. The van der Waals surface area contributed by atoms with E-state index in [0.29, 0.717) is 33.0 Å². The van der Waals surface area contributed by atoms with Gasteiger partial charge >= 0.3 is 0 Å². The lowest BCUT2D eigenvalue weighted by Crippen LogP contribution is -2.20. The molecule has 0 fully saturated rings. The van der Waals surface area contributed by atoms with E-state index in [9.17, 15) is 4.79 Å². The molecule has 2 aromatic heterocycles. The van der Waals surface area contributed by atoms with Gasteiger partial charge in [-0.1, -0.05) is 42.7 Å². The number of halogens is 1. The number of aromatic nitrogens is 4. The van der Waals surface area contributed by atoms with E-state index in [1.54, 1.807) is 24.3 Å². The van der Waals surface area contributed by atoms with Gasteiger partial charge < -0.3 is 15.6 Å². The van der Waals surface area contributed by atoms with Crippen molar-refractivity contribution < 1.29 is 9.32 Å². The fourth-order valence-corrected chi connectivity index (χ4v) is 3.95.